The highest BCUT2D eigenvalue weighted by atomic mass is 16.2. The van der Waals surface area contributed by atoms with Gasteiger partial charge in [-0.2, -0.15) is 0 Å². The lowest BCUT2D eigenvalue weighted by molar-refractivity contribution is 0.0702. The van der Waals surface area contributed by atoms with Crippen LogP contribution in [0.4, 0.5) is 5.82 Å². The molecule has 0 unspecified atom stereocenters. The molecule has 1 aromatic heterocycles. The zero-order valence-corrected chi connectivity index (χ0v) is 11.1. The van der Waals surface area contributed by atoms with Crippen molar-refractivity contribution in [3.8, 4) is 0 Å². The van der Waals surface area contributed by atoms with Crippen molar-refractivity contribution in [1.82, 2.24) is 20.4 Å². The van der Waals surface area contributed by atoms with Crippen LogP contribution in [0.1, 0.15) is 17.4 Å². The molecule has 1 aliphatic heterocycles. The van der Waals surface area contributed by atoms with E-state index in [9.17, 15) is 4.79 Å². The molecule has 1 atom stereocenters. The van der Waals surface area contributed by atoms with E-state index in [1.165, 1.54) is 0 Å². The number of hydrogen-bond acceptors (Lipinski definition) is 5. The number of carbonyl (C=O) groups is 1. The van der Waals surface area contributed by atoms with E-state index < -0.39 is 0 Å². The Morgan fingerprint density at radius 1 is 1.44 bits per heavy atom. The average molecular weight is 249 g/mol. The Kier molecular flexibility index (Phi) is 3.76. The predicted molar refractivity (Wildman–Crippen MR) is 69.7 cm³/mol. The third-order valence-corrected chi connectivity index (χ3v) is 2.98. The third kappa shape index (κ3) is 2.76. The summed E-state index contributed by atoms with van der Waals surface area (Å²) in [4.78, 5) is 15.9. The lowest BCUT2D eigenvalue weighted by Crippen LogP contribution is -2.51. The Balaban J connectivity index is 2.08. The minimum Gasteiger partial charge on any atom is -0.361 e. The second-order valence-corrected chi connectivity index (χ2v) is 4.78. The van der Waals surface area contributed by atoms with Crippen LogP contribution < -0.4 is 10.2 Å². The van der Waals surface area contributed by atoms with Crippen molar-refractivity contribution in [3.63, 3.8) is 0 Å². The van der Waals surface area contributed by atoms with E-state index in [-0.39, 0.29) is 5.91 Å². The lowest BCUT2D eigenvalue weighted by atomic mass is 10.2. The first kappa shape index (κ1) is 12.8. The van der Waals surface area contributed by atoms with Gasteiger partial charge in [-0.15, -0.1) is 10.2 Å². The molecule has 1 amide bonds. The second-order valence-electron chi connectivity index (χ2n) is 4.78. The minimum atomic E-state index is -0.0406. The van der Waals surface area contributed by atoms with Crippen LogP contribution >= 0.6 is 0 Å². The quantitative estimate of drug-likeness (QED) is 0.798. The number of anilines is 1. The van der Waals surface area contributed by atoms with E-state index in [0.29, 0.717) is 11.7 Å². The molecule has 0 bridgehead atoms. The first-order chi connectivity index (χ1) is 8.58. The number of hydrogen-bond donors (Lipinski definition) is 1. The SMILES string of the molecule is C[C@H]1CN(C(=O)c2ccc(N(C)C)nn2)CCN1. The van der Waals surface area contributed by atoms with Crippen LogP contribution in [0.2, 0.25) is 0 Å². The van der Waals surface area contributed by atoms with E-state index in [0.717, 1.165) is 25.5 Å². The van der Waals surface area contributed by atoms with Crippen molar-refractivity contribution in [2.45, 2.75) is 13.0 Å². The van der Waals surface area contributed by atoms with E-state index in [1.807, 2.05) is 30.0 Å². The normalized spacial score (nSPS) is 19.7. The predicted octanol–water partition coefficient (Wildman–Crippen LogP) is -0.0235. The van der Waals surface area contributed by atoms with Crippen molar-refractivity contribution in [3.05, 3.63) is 17.8 Å². The molecule has 0 radical (unpaired) electrons. The van der Waals surface area contributed by atoms with Crippen LogP contribution in [0.15, 0.2) is 12.1 Å². The van der Waals surface area contributed by atoms with Crippen molar-refractivity contribution in [2.75, 3.05) is 38.6 Å². The van der Waals surface area contributed by atoms with Gasteiger partial charge in [0.1, 0.15) is 0 Å². The molecule has 6 nitrogen and oxygen atoms in total. The van der Waals surface area contributed by atoms with Crippen LogP contribution in [-0.4, -0.2) is 60.8 Å². The Bertz CT molecular complexity index is 417. The molecule has 0 saturated carbocycles. The Morgan fingerprint density at radius 3 is 2.78 bits per heavy atom. The number of nitrogens with zero attached hydrogens (tertiary/aromatic N) is 4. The highest BCUT2D eigenvalue weighted by Crippen LogP contribution is 2.09. The summed E-state index contributed by atoms with van der Waals surface area (Å²) >= 11 is 0. The molecule has 0 aliphatic carbocycles. The molecule has 1 fully saturated rings. The van der Waals surface area contributed by atoms with Gasteiger partial charge in [0.15, 0.2) is 11.5 Å². The molecular weight excluding hydrogens is 230 g/mol. The fourth-order valence-electron chi connectivity index (χ4n) is 1.96. The molecule has 1 aromatic rings. The van der Waals surface area contributed by atoms with Gasteiger partial charge in [-0.05, 0) is 19.1 Å². The maximum Gasteiger partial charge on any atom is 0.274 e. The van der Waals surface area contributed by atoms with Gasteiger partial charge in [-0.1, -0.05) is 0 Å². The van der Waals surface area contributed by atoms with Crippen molar-refractivity contribution < 1.29 is 4.79 Å². The molecule has 1 N–H and O–H groups in total. The van der Waals surface area contributed by atoms with E-state index in [1.54, 1.807) is 6.07 Å². The molecule has 0 aromatic carbocycles. The number of rotatable bonds is 2. The molecule has 0 spiro atoms. The maximum atomic E-state index is 12.2. The number of carbonyl (C=O) groups excluding carboxylic acids is 1. The fraction of sp³-hybridized carbons (Fsp3) is 0.583. The van der Waals surface area contributed by atoms with Gasteiger partial charge in [0, 0.05) is 39.8 Å². The van der Waals surface area contributed by atoms with Crippen LogP contribution in [0.3, 0.4) is 0 Å². The summed E-state index contributed by atoms with van der Waals surface area (Å²) in [5.41, 5.74) is 0.412. The highest BCUT2D eigenvalue weighted by molar-refractivity contribution is 5.92. The van der Waals surface area contributed by atoms with Crippen LogP contribution in [0.5, 0.6) is 0 Å². The van der Waals surface area contributed by atoms with E-state index in [4.69, 9.17) is 0 Å². The van der Waals surface area contributed by atoms with E-state index >= 15 is 0 Å². The largest absolute Gasteiger partial charge is 0.361 e. The zero-order valence-electron chi connectivity index (χ0n) is 11.1. The van der Waals surface area contributed by atoms with Gasteiger partial charge in [0.2, 0.25) is 0 Å². The average Bonchev–Trinajstić information content (AvgIpc) is 2.38. The molecule has 2 rings (SSSR count). The van der Waals surface area contributed by atoms with Gasteiger partial charge >= 0.3 is 0 Å². The molecule has 1 aliphatic rings. The summed E-state index contributed by atoms with van der Waals surface area (Å²) in [5.74, 6) is 0.710. The molecule has 2 heterocycles. The molecule has 18 heavy (non-hydrogen) atoms. The second kappa shape index (κ2) is 5.30. The minimum absolute atomic E-state index is 0.0406. The molecule has 98 valence electrons. The molecular formula is C12H19N5O. The van der Waals surface area contributed by atoms with Crippen LogP contribution in [0.25, 0.3) is 0 Å². The van der Waals surface area contributed by atoms with Gasteiger partial charge in [0.25, 0.3) is 5.91 Å². The summed E-state index contributed by atoms with van der Waals surface area (Å²) in [6.07, 6.45) is 0. The van der Waals surface area contributed by atoms with Gasteiger partial charge in [0.05, 0.1) is 0 Å². The maximum absolute atomic E-state index is 12.2. The monoisotopic (exact) mass is 249 g/mol. The first-order valence-corrected chi connectivity index (χ1v) is 6.11. The summed E-state index contributed by atoms with van der Waals surface area (Å²) in [5, 5.41) is 11.3. The Hall–Kier alpha value is -1.69. The summed E-state index contributed by atoms with van der Waals surface area (Å²) in [6, 6.07) is 3.88. The number of amides is 1. The summed E-state index contributed by atoms with van der Waals surface area (Å²) in [7, 11) is 3.78. The van der Waals surface area contributed by atoms with Crippen LogP contribution in [0, 0.1) is 0 Å². The topological polar surface area (TPSA) is 61.4 Å². The Labute approximate surface area is 107 Å². The van der Waals surface area contributed by atoms with Gasteiger partial charge in [-0.25, -0.2) is 0 Å². The highest BCUT2D eigenvalue weighted by Gasteiger charge is 2.22. The fourth-order valence-corrected chi connectivity index (χ4v) is 1.96. The molecule has 6 heteroatoms. The van der Waals surface area contributed by atoms with Gasteiger partial charge in [-0.3, -0.25) is 4.79 Å². The molecule has 1 saturated heterocycles. The van der Waals surface area contributed by atoms with Crippen molar-refractivity contribution in [2.24, 2.45) is 0 Å². The number of piperazine rings is 1. The van der Waals surface area contributed by atoms with Crippen molar-refractivity contribution in [1.29, 1.82) is 0 Å². The van der Waals surface area contributed by atoms with Crippen LogP contribution in [-0.2, 0) is 0 Å². The number of aromatic nitrogens is 2. The third-order valence-electron chi connectivity index (χ3n) is 2.98. The van der Waals surface area contributed by atoms with E-state index in [2.05, 4.69) is 22.4 Å². The van der Waals surface area contributed by atoms with Gasteiger partial charge < -0.3 is 15.1 Å². The standard InChI is InChI=1S/C12H19N5O/c1-9-8-17(7-6-13-9)12(18)10-4-5-11(15-14-10)16(2)3/h4-5,9,13H,6-8H2,1-3H3/t9-/m0/s1. The first-order valence-electron chi connectivity index (χ1n) is 6.11. The van der Waals surface area contributed by atoms with Crippen molar-refractivity contribution >= 4 is 11.7 Å². The smallest absolute Gasteiger partial charge is 0.274 e. The Morgan fingerprint density at radius 2 is 2.22 bits per heavy atom. The summed E-state index contributed by atoms with van der Waals surface area (Å²) < 4.78 is 0. The lowest BCUT2D eigenvalue weighted by Gasteiger charge is -2.31. The zero-order chi connectivity index (χ0) is 13.1. The number of nitrogens with one attached hydrogen (secondary N) is 1. The summed E-state index contributed by atoms with van der Waals surface area (Å²) in [6.45, 7) is 4.34.